The van der Waals surface area contributed by atoms with E-state index in [1.165, 1.54) is 12.8 Å². The van der Waals surface area contributed by atoms with E-state index < -0.39 is 0 Å². The Kier molecular flexibility index (Phi) is 6.07. The normalized spacial score (nSPS) is 23.9. The van der Waals surface area contributed by atoms with Crippen LogP contribution in [-0.4, -0.2) is 62.9 Å². The minimum atomic E-state index is 0.0654. The van der Waals surface area contributed by atoms with Gasteiger partial charge in [0.1, 0.15) is 0 Å². The highest BCUT2D eigenvalue weighted by molar-refractivity contribution is 5.82. The molecule has 0 aromatic heterocycles. The van der Waals surface area contributed by atoms with Gasteiger partial charge in [-0.1, -0.05) is 0 Å². The molecule has 19 heavy (non-hydrogen) atoms. The lowest BCUT2D eigenvalue weighted by atomic mass is 10.0. The van der Waals surface area contributed by atoms with Gasteiger partial charge in [-0.3, -0.25) is 4.79 Å². The van der Waals surface area contributed by atoms with Gasteiger partial charge in [-0.15, -0.1) is 0 Å². The molecule has 1 unspecified atom stereocenters. The molecule has 0 aromatic rings. The summed E-state index contributed by atoms with van der Waals surface area (Å²) in [4.78, 5) is 14.2. The summed E-state index contributed by atoms with van der Waals surface area (Å²) < 4.78 is 10.3. The molecule has 1 aliphatic heterocycles. The molecule has 1 saturated heterocycles. The molecule has 1 saturated carbocycles. The number of ether oxygens (including phenoxy) is 2. The first-order chi connectivity index (χ1) is 9.31. The van der Waals surface area contributed by atoms with Gasteiger partial charge in [0.05, 0.1) is 19.3 Å². The van der Waals surface area contributed by atoms with Crippen molar-refractivity contribution in [3.05, 3.63) is 0 Å². The summed E-state index contributed by atoms with van der Waals surface area (Å²) in [6.45, 7) is 3.69. The summed E-state index contributed by atoms with van der Waals surface area (Å²) >= 11 is 0. The topological polar surface area (TPSA) is 50.8 Å². The number of nitrogens with zero attached hydrogens (tertiary/aromatic N) is 1. The molecule has 5 nitrogen and oxygen atoms in total. The number of carbonyl (C=O) groups is 1. The second kappa shape index (κ2) is 7.82. The number of carbonyl (C=O) groups excluding carboxylic acids is 1. The van der Waals surface area contributed by atoms with E-state index in [0.717, 1.165) is 32.4 Å². The van der Waals surface area contributed by atoms with E-state index in [9.17, 15) is 4.79 Å². The third-order valence-corrected chi connectivity index (χ3v) is 3.69. The largest absolute Gasteiger partial charge is 0.382 e. The van der Waals surface area contributed by atoms with Crippen LogP contribution >= 0.6 is 0 Å². The third-order valence-electron chi connectivity index (χ3n) is 3.69. The maximum absolute atomic E-state index is 12.3. The van der Waals surface area contributed by atoms with Gasteiger partial charge in [0.2, 0.25) is 5.91 Å². The SMILES string of the molecule is COCCOCCCN1CCCC(NC2CC2)C1=O. The van der Waals surface area contributed by atoms with Crippen molar-refractivity contribution in [1.29, 1.82) is 0 Å². The highest BCUT2D eigenvalue weighted by Gasteiger charge is 2.32. The van der Waals surface area contributed by atoms with Crippen molar-refractivity contribution in [2.75, 3.05) is 40.0 Å². The highest BCUT2D eigenvalue weighted by atomic mass is 16.5. The second-order valence-electron chi connectivity index (χ2n) is 5.42. The lowest BCUT2D eigenvalue weighted by Gasteiger charge is -2.32. The molecule has 0 aromatic carbocycles. The minimum Gasteiger partial charge on any atom is -0.382 e. The number of likely N-dealkylation sites (tertiary alicyclic amines) is 1. The molecule has 0 spiro atoms. The molecule has 5 heteroatoms. The zero-order chi connectivity index (χ0) is 13.5. The fraction of sp³-hybridized carbons (Fsp3) is 0.929. The number of piperidine rings is 1. The molecule has 1 atom stereocenters. The third kappa shape index (κ3) is 5.09. The Balaban J connectivity index is 1.60. The molecule has 0 radical (unpaired) electrons. The van der Waals surface area contributed by atoms with Crippen LogP contribution in [0.3, 0.4) is 0 Å². The summed E-state index contributed by atoms with van der Waals surface area (Å²) in [5, 5.41) is 3.45. The number of rotatable bonds is 9. The first-order valence-electron chi connectivity index (χ1n) is 7.43. The summed E-state index contributed by atoms with van der Waals surface area (Å²) in [6, 6.07) is 0.668. The number of nitrogens with one attached hydrogen (secondary N) is 1. The van der Waals surface area contributed by atoms with E-state index in [-0.39, 0.29) is 11.9 Å². The van der Waals surface area contributed by atoms with Crippen LogP contribution in [0.5, 0.6) is 0 Å². The van der Waals surface area contributed by atoms with Gasteiger partial charge in [0, 0.05) is 32.8 Å². The maximum atomic E-state index is 12.3. The predicted octanol–water partition coefficient (Wildman–Crippen LogP) is 0.783. The molecular formula is C14H26N2O3. The van der Waals surface area contributed by atoms with Crippen LogP contribution in [0.2, 0.25) is 0 Å². The van der Waals surface area contributed by atoms with Crippen molar-refractivity contribution in [3.63, 3.8) is 0 Å². The number of hydrogen-bond donors (Lipinski definition) is 1. The minimum absolute atomic E-state index is 0.0654. The molecule has 1 amide bonds. The van der Waals surface area contributed by atoms with Crippen molar-refractivity contribution >= 4 is 5.91 Å². The lowest BCUT2D eigenvalue weighted by Crippen LogP contribution is -2.51. The van der Waals surface area contributed by atoms with E-state index in [0.29, 0.717) is 25.9 Å². The average molecular weight is 270 g/mol. The Morgan fingerprint density at radius 1 is 1.26 bits per heavy atom. The number of hydrogen-bond acceptors (Lipinski definition) is 4. The Labute approximate surface area is 115 Å². The summed E-state index contributed by atoms with van der Waals surface area (Å²) in [5.74, 6) is 0.287. The fourth-order valence-corrected chi connectivity index (χ4v) is 2.45. The van der Waals surface area contributed by atoms with Gasteiger partial charge in [0.25, 0.3) is 0 Å². The van der Waals surface area contributed by atoms with E-state index in [4.69, 9.17) is 9.47 Å². The second-order valence-corrected chi connectivity index (χ2v) is 5.42. The van der Waals surface area contributed by atoms with Crippen molar-refractivity contribution in [2.45, 2.75) is 44.2 Å². The smallest absolute Gasteiger partial charge is 0.239 e. The van der Waals surface area contributed by atoms with Crippen LogP contribution in [0, 0.1) is 0 Å². The number of methoxy groups -OCH3 is 1. The van der Waals surface area contributed by atoms with Gasteiger partial charge in [-0.05, 0) is 32.1 Å². The van der Waals surface area contributed by atoms with Crippen molar-refractivity contribution in [2.24, 2.45) is 0 Å². The van der Waals surface area contributed by atoms with E-state index in [1.807, 2.05) is 4.90 Å². The van der Waals surface area contributed by atoms with Gasteiger partial charge in [-0.25, -0.2) is 0 Å². The van der Waals surface area contributed by atoms with E-state index >= 15 is 0 Å². The van der Waals surface area contributed by atoms with Crippen LogP contribution in [0.15, 0.2) is 0 Å². The molecule has 1 heterocycles. The molecule has 2 fully saturated rings. The molecule has 0 bridgehead atoms. The molecule has 1 N–H and O–H groups in total. The molecule has 110 valence electrons. The van der Waals surface area contributed by atoms with Gasteiger partial charge < -0.3 is 19.7 Å². The summed E-state index contributed by atoms with van der Waals surface area (Å²) in [7, 11) is 1.67. The van der Waals surface area contributed by atoms with E-state index in [1.54, 1.807) is 7.11 Å². The molecular weight excluding hydrogens is 244 g/mol. The van der Waals surface area contributed by atoms with Crippen LogP contribution in [0.4, 0.5) is 0 Å². The first kappa shape index (κ1) is 14.8. The Morgan fingerprint density at radius 2 is 2.11 bits per heavy atom. The Morgan fingerprint density at radius 3 is 2.84 bits per heavy atom. The van der Waals surface area contributed by atoms with Gasteiger partial charge in [0.15, 0.2) is 0 Å². The van der Waals surface area contributed by atoms with Crippen molar-refractivity contribution in [1.82, 2.24) is 10.2 Å². The monoisotopic (exact) mass is 270 g/mol. The zero-order valence-corrected chi connectivity index (χ0v) is 11.9. The van der Waals surface area contributed by atoms with Crippen LogP contribution in [0.1, 0.15) is 32.1 Å². The maximum Gasteiger partial charge on any atom is 0.239 e. The molecule has 2 aliphatic rings. The quantitative estimate of drug-likeness (QED) is 0.629. The highest BCUT2D eigenvalue weighted by Crippen LogP contribution is 2.22. The van der Waals surface area contributed by atoms with E-state index in [2.05, 4.69) is 5.32 Å². The predicted molar refractivity (Wildman–Crippen MR) is 73.1 cm³/mol. The van der Waals surface area contributed by atoms with Crippen LogP contribution in [0.25, 0.3) is 0 Å². The van der Waals surface area contributed by atoms with Gasteiger partial charge >= 0.3 is 0 Å². The summed E-state index contributed by atoms with van der Waals surface area (Å²) in [5.41, 5.74) is 0. The lowest BCUT2D eigenvalue weighted by molar-refractivity contribution is -0.136. The van der Waals surface area contributed by atoms with Crippen molar-refractivity contribution in [3.8, 4) is 0 Å². The van der Waals surface area contributed by atoms with Crippen molar-refractivity contribution < 1.29 is 14.3 Å². The number of amides is 1. The molecule has 1 aliphatic carbocycles. The summed E-state index contributed by atoms with van der Waals surface area (Å²) in [6.07, 6.45) is 5.48. The fourth-order valence-electron chi connectivity index (χ4n) is 2.45. The first-order valence-corrected chi connectivity index (χ1v) is 7.43. The van der Waals surface area contributed by atoms with Gasteiger partial charge in [-0.2, -0.15) is 0 Å². The average Bonchev–Trinajstić information content (AvgIpc) is 3.22. The van der Waals surface area contributed by atoms with Crippen LogP contribution < -0.4 is 5.32 Å². The Hall–Kier alpha value is -0.650. The van der Waals surface area contributed by atoms with Crippen LogP contribution in [-0.2, 0) is 14.3 Å². The standard InChI is InChI=1S/C14H26N2O3/c1-18-10-11-19-9-3-8-16-7-2-4-13(14(16)17)15-12-5-6-12/h12-13,15H,2-11H2,1H3. The Bertz CT molecular complexity index is 282. The molecule has 2 rings (SSSR count). The zero-order valence-electron chi connectivity index (χ0n) is 11.9.